The molecule has 3 aromatic rings. The van der Waals surface area contributed by atoms with E-state index in [1.165, 1.54) is 22.1 Å². The van der Waals surface area contributed by atoms with Gasteiger partial charge in [-0.1, -0.05) is 71.0 Å². The SMILES string of the molecule is CC.CCCc1ccccc1Sc1ccc(N(O)N2CC(C)CC(C)C2)c2nonc12. The van der Waals surface area contributed by atoms with Gasteiger partial charge in [0, 0.05) is 22.9 Å². The molecule has 0 amide bonds. The van der Waals surface area contributed by atoms with Crippen LogP contribution in [0.2, 0.25) is 0 Å². The monoisotopic (exact) mass is 442 g/mol. The first-order valence-electron chi connectivity index (χ1n) is 11.3. The zero-order chi connectivity index (χ0) is 22.4. The summed E-state index contributed by atoms with van der Waals surface area (Å²) in [6.45, 7) is 12.3. The molecule has 1 aliphatic heterocycles. The highest BCUT2D eigenvalue weighted by Crippen LogP contribution is 2.38. The van der Waals surface area contributed by atoms with Gasteiger partial charge in [0.15, 0.2) is 11.0 Å². The van der Waals surface area contributed by atoms with E-state index in [2.05, 4.69) is 55.4 Å². The van der Waals surface area contributed by atoms with Gasteiger partial charge in [0.25, 0.3) is 0 Å². The second-order valence-electron chi connectivity index (χ2n) is 8.11. The summed E-state index contributed by atoms with van der Waals surface area (Å²) in [5.41, 5.74) is 3.19. The summed E-state index contributed by atoms with van der Waals surface area (Å²) in [5, 5.41) is 22.4. The molecule has 2 atom stereocenters. The Bertz CT molecular complexity index is 967. The molecular formula is C24H34N4O2S. The van der Waals surface area contributed by atoms with Crippen LogP contribution in [0.4, 0.5) is 5.69 Å². The Labute approximate surface area is 189 Å². The molecule has 0 radical (unpaired) electrons. The van der Waals surface area contributed by atoms with Crippen molar-refractivity contribution in [3.63, 3.8) is 0 Å². The van der Waals surface area contributed by atoms with Gasteiger partial charge in [-0.25, -0.2) is 4.63 Å². The molecule has 1 fully saturated rings. The highest BCUT2D eigenvalue weighted by atomic mass is 32.2. The van der Waals surface area contributed by atoms with Crippen molar-refractivity contribution in [1.29, 1.82) is 0 Å². The molecule has 31 heavy (non-hydrogen) atoms. The van der Waals surface area contributed by atoms with E-state index in [9.17, 15) is 5.21 Å². The van der Waals surface area contributed by atoms with E-state index in [1.54, 1.807) is 11.8 Å². The highest BCUT2D eigenvalue weighted by molar-refractivity contribution is 7.99. The summed E-state index contributed by atoms with van der Waals surface area (Å²) in [7, 11) is 0. The molecule has 6 nitrogen and oxygen atoms in total. The Morgan fingerprint density at radius 2 is 1.71 bits per heavy atom. The summed E-state index contributed by atoms with van der Waals surface area (Å²) in [5.74, 6) is 1.06. The largest absolute Gasteiger partial charge is 0.273 e. The standard InChI is InChI=1S/C22H28N4O2S.C2H6/c1-4-7-17-8-5-6-9-19(17)29-20-11-10-18(21-22(20)24-28-23-21)26(27)25-13-15(2)12-16(3)14-25;1-2/h5-6,8-11,15-16,27H,4,7,12-14H2,1-3H3;1-2H3. The summed E-state index contributed by atoms with van der Waals surface area (Å²) in [6.07, 6.45) is 3.32. The molecule has 1 saturated heterocycles. The van der Waals surface area contributed by atoms with Crippen LogP contribution < -0.4 is 5.17 Å². The van der Waals surface area contributed by atoms with Gasteiger partial charge in [0.1, 0.15) is 5.69 Å². The smallest absolute Gasteiger partial charge is 0.163 e. The van der Waals surface area contributed by atoms with Crippen LogP contribution in [-0.4, -0.2) is 33.6 Å². The van der Waals surface area contributed by atoms with Gasteiger partial charge in [0.05, 0.1) is 0 Å². The van der Waals surface area contributed by atoms with Crippen molar-refractivity contribution in [1.82, 2.24) is 15.3 Å². The first-order chi connectivity index (χ1) is 15.1. The Balaban J connectivity index is 0.00000132. The highest BCUT2D eigenvalue weighted by Gasteiger charge is 2.28. The van der Waals surface area contributed by atoms with Crippen molar-refractivity contribution in [2.24, 2.45) is 11.8 Å². The number of rotatable bonds is 6. The number of nitrogens with zero attached hydrogens (tertiary/aromatic N) is 4. The first-order valence-corrected chi connectivity index (χ1v) is 12.1. The molecule has 1 N–H and O–H groups in total. The molecule has 4 rings (SSSR count). The molecule has 2 aromatic carbocycles. The maximum absolute atomic E-state index is 10.9. The van der Waals surface area contributed by atoms with E-state index in [0.29, 0.717) is 28.6 Å². The lowest BCUT2D eigenvalue weighted by molar-refractivity contribution is 0.0176. The van der Waals surface area contributed by atoms with Crippen LogP contribution in [0.15, 0.2) is 50.8 Å². The summed E-state index contributed by atoms with van der Waals surface area (Å²) >= 11 is 1.67. The van der Waals surface area contributed by atoms with Gasteiger partial charge in [-0.3, -0.25) is 5.21 Å². The molecular weight excluding hydrogens is 408 g/mol. The van der Waals surface area contributed by atoms with Gasteiger partial charge < -0.3 is 0 Å². The van der Waals surface area contributed by atoms with Gasteiger partial charge in [-0.05, 0) is 58.8 Å². The second kappa shape index (κ2) is 11.0. The minimum absolute atomic E-state index is 0.532. The van der Waals surface area contributed by atoms with E-state index < -0.39 is 0 Å². The number of aryl methyl sites for hydroxylation is 1. The zero-order valence-electron chi connectivity index (χ0n) is 19.2. The van der Waals surface area contributed by atoms with Crippen LogP contribution in [0.1, 0.15) is 53.0 Å². The molecule has 0 saturated carbocycles. The fourth-order valence-electron chi connectivity index (χ4n) is 4.21. The molecule has 0 bridgehead atoms. The Morgan fingerprint density at radius 3 is 2.42 bits per heavy atom. The molecule has 0 aliphatic carbocycles. The number of benzene rings is 2. The number of fused-ring (bicyclic) bond motifs is 1. The molecule has 2 heterocycles. The molecule has 1 aliphatic rings. The maximum atomic E-state index is 10.9. The van der Waals surface area contributed by atoms with E-state index in [1.807, 2.05) is 31.0 Å². The van der Waals surface area contributed by atoms with E-state index in [-0.39, 0.29) is 0 Å². The number of hydrogen-bond acceptors (Lipinski definition) is 7. The molecule has 7 heteroatoms. The lowest BCUT2D eigenvalue weighted by Gasteiger charge is -2.39. The zero-order valence-corrected chi connectivity index (χ0v) is 20.0. The quantitative estimate of drug-likeness (QED) is 0.441. The van der Waals surface area contributed by atoms with Crippen LogP contribution in [0.25, 0.3) is 11.0 Å². The molecule has 1 aromatic heterocycles. The Morgan fingerprint density at radius 1 is 1.03 bits per heavy atom. The fourth-order valence-corrected chi connectivity index (χ4v) is 5.26. The minimum Gasteiger partial charge on any atom is -0.273 e. The molecule has 2 unspecified atom stereocenters. The lowest BCUT2D eigenvalue weighted by atomic mass is 9.93. The van der Waals surface area contributed by atoms with Crippen LogP contribution in [-0.2, 0) is 6.42 Å². The van der Waals surface area contributed by atoms with Crippen molar-refractivity contribution >= 4 is 28.5 Å². The topological polar surface area (TPSA) is 65.6 Å². The van der Waals surface area contributed by atoms with Crippen molar-refractivity contribution in [2.45, 2.75) is 63.7 Å². The van der Waals surface area contributed by atoms with E-state index >= 15 is 0 Å². The second-order valence-corrected chi connectivity index (χ2v) is 9.19. The maximum Gasteiger partial charge on any atom is 0.163 e. The normalized spacial score (nSPS) is 19.2. The molecule has 0 spiro atoms. The predicted molar refractivity (Wildman–Crippen MR) is 126 cm³/mol. The van der Waals surface area contributed by atoms with Crippen LogP contribution in [0.5, 0.6) is 0 Å². The average Bonchev–Trinajstić information content (AvgIpc) is 3.26. The third-order valence-electron chi connectivity index (χ3n) is 5.40. The first kappa shape index (κ1) is 23.6. The van der Waals surface area contributed by atoms with Crippen LogP contribution in [0.3, 0.4) is 0 Å². The number of piperidine rings is 1. The third-order valence-corrected chi connectivity index (χ3v) is 6.57. The van der Waals surface area contributed by atoms with E-state index in [0.717, 1.165) is 30.8 Å². The average molecular weight is 443 g/mol. The number of hydrogen-bond donors (Lipinski definition) is 1. The van der Waals surface area contributed by atoms with Crippen LogP contribution in [0, 0.1) is 11.8 Å². The number of anilines is 1. The van der Waals surface area contributed by atoms with Crippen molar-refractivity contribution in [2.75, 3.05) is 18.3 Å². The van der Waals surface area contributed by atoms with E-state index in [4.69, 9.17) is 4.63 Å². The van der Waals surface area contributed by atoms with Gasteiger partial charge in [0.2, 0.25) is 0 Å². The van der Waals surface area contributed by atoms with Crippen molar-refractivity contribution in [3.05, 3.63) is 42.0 Å². The van der Waals surface area contributed by atoms with Gasteiger partial charge in [-0.2, -0.15) is 10.2 Å². The van der Waals surface area contributed by atoms with Gasteiger partial charge >= 0.3 is 0 Å². The number of hydrazine groups is 1. The van der Waals surface area contributed by atoms with Crippen LogP contribution >= 0.6 is 11.8 Å². The minimum atomic E-state index is 0.532. The Hall–Kier alpha value is -2.09. The lowest BCUT2D eigenvalue weighted by Crippen LogP contribution is -2.48. The Kier molecular flexibility index (Phi) is 8.35. The number of aromatic nitrogens is 2. The van der Waals surface area contributed by atoms with Crippen molar-refractivity contribution in [3.8, 4) is 0 Å². The summed E-state index contributed by atoms with van der Waals surface area (Å²) in [6, 6.07) is 12.3. The summed E-state index contributed by atoms with van der Waals surface area (Å²) < 4.78 is 5.07. The summed E-state index contributed by atoms with van der Waals surface area (Å²) in [4.78, 5) is 2.19. The fraction of sp³-hybridized carbons (Fsp3) is 0.500. The molecule has 168 valence electrons. The third kappa shape index (κ3) is 5.40. The van der Waals surface area contributed by atoms with Crippen molar-refractivity contribution < 1.29 is 9.84 Å². The predicted octanol–water partition coefficient (Wildman–Crippen LogP) is 6.44. The van der Waals surface area contributed by atoms with Gasteiger partial charge in [-0.15, -0.1) is 0 Å².